The van der Waals surface area contributed by atoms with Crippen LogP contribution in [0.25, 0.3) is 0 Å². The van der Waals surface area contributed by atoms with Gasteiger partial charge in [0.05, 0.1) is 18.2 Å². The molecule has 104 valence electrons. The summed E-state index contributed by atoms with van der Waals surface area (Å²) in [7, 11) is 0. The van der Waals surface area contributed by atoms with E-state index in [4.69, 9.17) is 0 Å². The Bertz CT molecular complexity index is 602. The second kappa shape index (κ2) is 6.25. The molecule has 0 saturated carbocycles. The summed E-state index contributed by atoms with van der Waals surface area (Å²) in [6, 6.07) is 10.9. The molecule has 0 aliphatic carbocycles. The summed E-state index contributed by atoms with van der Waals surface area (Å²) < 4.78 is 26.3. The first-order valence-electron chi connectivity index (χ1n) is 6.03. The molecule has 0 spiro atoms. The zero-order valence-corrected chi connectivity index (χ0v) is 10.5. The van der Waals surface area contributed by atoms with E-state index in [1.165, 1.54) is 0 Å². The molecule has 0 heterocycles. The van der Waals surface area contributed by atoms with Crippen molar-refractivity contribution in [1.82, 2.24) is 5.32 Å². The van der Waals surface area contributed by atoms with E-state index < -0.39 is 23.6 Å². The normalized spacial score (nSPS) is 11.9. The highest BCUT2D eigenvalue weighted by Crippen LogP contribution is 2.14. The third-order valence-corrected chi connectivity index (χ3v) is 2.87. The monoisotopic (exact) mass is 277 g/mol. The van der Waals surface area contributed by atoms with Crippen molar-refractivity contribution in [2.24, 2.45) is 0 Å². The molecule has 0 saturated heterocycles. The van der Waals surface area contributed by atoms with Crippen molar-refractivity contribution in [2.45, 2.75) is 6.04 Å². The molecule has 0 fully saturated rings. The summed E-state index contributed by atoms with van der Waals surface area (Å²) in [5.41, 5.74) is 0.437. The van der Waals surface area contributed by atoms with Crippen molar-refractivity contribution >= 4 is 5.91 Å². The van der Waals surface area contributed by atoms with Gasteiger partial charge in [-0.25, -0.2) is 8.78 Å². The number of nitrogens with one attached hydrogen (secondary N) is 1. The SMILES string of the molecule is O=C(N[C@@H](CO)c1ccccc1)c1ccc(F)cc1F. The molecular formula is C15H13F2NO2. The van der Waals surface area contributed by atoms with Gasteiger partial charge in [0.2, 0.25) is 0 Å². The van der Waals surface area contributed by atoms with Crippen LogP contribution < -0.4 is 5.32 Å². The zero-order chi connectivity index (χ0) is 14.5. The maximum absolute atomic E-state index is 13.5. The van der Waals surface area contributed by atoms with Crippen molar-refractivity contribution < 1.29 is 18.7 Å². The lowest BCUT2D eigenvalue weighted by Gasteiger charge is -2.17. The summed E-state index contributed by atoms with van der Waals surface area (Å²) in [6.45, 7) is -0.321. The van der Waals surface area contributed by atoms with Crippen LogP contribution in [0.15, 0.2) is 48.5 Å². The first-order valence-corrected chi connectivity index (χ1v) is 6.03. The summed E-state index contributed by atoms with van der Waals surface area (Å²) in [6.07, 6.45) is 0. The Morgan fingerprint density at radius 1 is 1.15 bits per heavy atom. The largest absolute Gasteiger partial charge is 0.394 e. The highest BCUT2D eigenvalue weighted by Gasteiger charge is 2.17. The van der Waals surface area contributed by atoms with Crippen molar-refractivity contribution in [3.63, 3.8) is 0 Å². The van der Waals surface area contributed by atoms with E-state index in [-0.39, 0.29) is 12.2 Å². The molecule has 0 aromatic heterocycles. The van der Waals surface area contributed by atoms with E-state index in [0.717, 1.165) is 12.1 Å². The minimum Gasteiger partial charge on any atom is -0.394 e. The molecule has 0 bridgehead atoms. The fraction of sp³-hybridized carbons (Fsp3) is 0.133. The van der Waals surface area contributed by atoms with Gasteiger partial charge in [0.1, 0.15) is 11.6 Å². The molecule has 2 rings (SSSR count). The molecule has 0 radical (unpaired) electrons. The van der Waals surface area contributed by atoms with E-state index in [9.17, 15) is 18.7 Å². The molecule has 1 atom stereocenters. The van der Waals surface area contributed by atoms with Gasteiger partial charge in [-0.2, -0.15) is 0 Å². The lowest BCUT2D eigenvalue weighted by atomic mass is 10.1. The van der Waals surface area contributed by atoms with Gasteiger partial charge in [-0.15, -0.1) is 0 Å². The van der Waals surface area contributed by atoms with E-state index >= 15 is 0 Å². The van der Waals surface area contributed by atoms with Gasteiger partial charge in [-0.1, -0.05) is 30.3 Å². The standard InChI is InChI=1S/C15H13F2NO2/c16-11-6-7-12(13(17)8-11)15(20)18-14(9-19)10-4-2-1-3-5-10/h1-8,14,19H,9H2,(H,18,20)/t14-/m0/s1. The molecule has 20 heavy (non-hydrogen) atoms. The molecule has 0 unspecified atom stereocenters. The van der Waals surface area contributed by atoms with Gasteiger partial charge in [-0.3, -0.25) is 4.79 Å². The molecule has 3 nitrogen and oxygen atoms in total. The Kier molecular flexibility index (Phi) is 4.42. The molecule has 1 amide bonds. The topological polar surface area (TPSA) is 49.3 Å². The van der Waals surface area contributed by atoms with E-state index in [2.05, 4.69) is 5.32 Å². The Hall–Kier alpha value is -2.27. The molecule has 2 N–H and O–H groups in total. The Morgan fingerprint density at radius 3 is 2.45 bits per heavy atom. The van der Waals surface area contributed by atoms with Crippen LogP contribution in [0.3, 0.4) is 0 Å². The van der Waals surface area contributed by atoms with Gasteiger partial charge in [0, 0.05) is 6.07 Å². The third-order valence-electron chi connectivity index (χ3n) is 2.87. The number of rotatable bonds is 4. The van der Waals surface area contributed by atoms with Crippen molar-refractivity contribution in [3.8, 4) is 0 Å². The van der Waals surface area contributed by atoms with Gasteiger partial charge < -0.3 is 10.4 Å². The minimum atomic E-state index is -0.938. The van der Waals surface area contributed by atoms with Crippen molar-refractivity contribution in [2.75, 3.05) is 6.61 Å². The fourth-order valence-electron chi connectivity index (χ4n) is 1.83. The van der Waals surface area contributed by atoms with Gasteiger partial charge in [0.15, 0.2) is 0 Å². The molecule has 0 aliphatic heterocycles. The number of hydrogen-bond acceptors (Lipinski definition) is 2. The quantitative estimate of drug-likeness (QED) is 0.901. The Morgan fingerprint density at radius 2 is 1.85 bits per heavy atom. The number of carbonyl (C=O) groups is 1. The maximum Gasteiger partial charge on any atom is 0.254 e. The van der Waals surface area contributed by atoms with E-state index in [1.807, 2.05) is 0 Å². The number of halogens is 2. The van der Waals surface area contributed by atoms with Crippen LogP contribution in [-0.2, 0) is 0 Å². The van der Waals surface area contributed by atoms with Crippen LogP contribution >= 0.6 is 0 Å². The first-order chi connectivity index (χ1) is 9.61. The number of carbonyl (C=O) groups excluding carboxylic acids is 1. The number of hydrogen-bond donors (Lipinski definition) is 2. The molecule has 2 aromatic rings. The predicted octanol–water partition coefficient (Wildman–Crippen LogP) is 2.43. The summed E-state index contributed by atoms with van der Waals surface area (Å²) >= 11 is 0. The van der Waals surface area contributed by atoms with Crippen molar-refractivity contribution in [1.29, 1.82) is 0 Å². The van der Waals surface area contributed by atoms with Gasteiger partial charge in [0.25, 0.3) is 5.91 Å². The highest BCUT2D eigenvalue weighted by molar-refractivity contribution is 5.94. The number of aliphatic hydroxyl groups excluding tert-OH is 1. The molecule has 0 aliphatic rings. The van der Waals surface area contributed by atoms with Gasteiger partial charge >= 0.3 is 0 Å². The van der Waals surface area contributed by atoms with Crippen LogP contribution in [0.2, 0.25) is 0 Å². The van der Waals surface area contributed by atoms with Crippen LogP contribution in [0.1, 0.15) is 22.0 Å². The smallest absolute Gasteiger partial charge is 0.254 e. The van der Waals surface area contributed by atoms with Crippen LogP contribution in [0.5, 0.6) is 0 Å². The Balaban J connectivity index is 2.17. The number of aliphatic hydroxyl groups is 1. The lowest BCUT2D eigenvalue weighted by Crippen LogP contribution is -2.31. The second-order valence-electron chi connectivity index (χ2n) is 4.24. The average Bonchev–Trinajstić information content (AvgIpc) is 2.45. The molecule has 2 aromatic carbocycles. The summed E-state index contributed by atoms with van der Waals surface area (Å²) in [4.78, 5) is 11.9. The minimum absolute atomic E-state index is 0.263. The zero-order valence-electron chi connectivity index (χ0n) is 10.5. The number of benzene rings is 2. The number of amides is 1. The Labute approximate surface area is 114 Å². The third kappa shape index (κ3) is 3.19. The van der Waals surface area contributed by atoms with Gasteiger partial charge in [-0.05, 0) is 17.7 Å². The van der Waals surface area contributed by atoms with Crippen LogP contribution in [0, 0.1) is 11.6 Å². The lowest BCUT2D eigenvalue weighted by molar-refractivity contribution is 0.0912. The van der Waals surface area contributed by atoms with Crippen LogP contribution in [-0.4, -0.2) is 17.6 Å². The van der Waals surface area contributed by atoms with Crippen LogP contribution in [0.4, 0.5) is 8.78 Å². The highest BCUT2D eigenvalue weighted by atomic mass is 19.1. The predicted molar refractivity (Wildman–Crippen MR) is 70.1 cm³/mol. The molecular weight excluding hydrogens is 264 g/mol. The second-order valence-corrected chi connectivity index (χ2v) is 4.24. The van der Waals surface area contributed by atoms with E-state index in [1.54, 1.807) is 30.3 Å². The summed E-state index contributed by atoms with van der Waals surface area (Å²) in [5, 5.41) is 11.8. The first kappa shape index (κ1) is 14.1. The molecule has 5 heteroatoms. The summed E-state index contributed by atoms with van der Waals surface area (Å²) in [5.74, 6) is -2.39. The maximum atomic E-state index is 13.5. The van der Waals surface area contributed by atoms with E-state index in [0.29, 0.717) is 11.6 Å². The fourth-order valence-corrected chi connectivity index (χ4v) is 1.83. The van der Waals surface area contributed by atoms with Crippen molar-refractivity contribution in [3.05, 3.63) is 71.3 Å². The average molecular weight is 277 g/mol.